The molecule has 8 heteroatoms. The number of aromatic nitrogens is 2. The van der Waals surface area contributed by atoms with Crippen molar-refractivity contribution < 1.29 is 8.78 Å². The lowest BCUT2D eigenvalue weighted by atomic mass is 9.85. The number of rotatable bonds is 7. The molecule has 5 nitrogen and oxygen atoms in total. The molecule has 0 saturated heterocycles. The third-order valence-electron chi connectivity index (χ3n) is 6.20. The number of halogens is 3. The highest BCUT2D eigenvalue weighted by Gasteiger charge is 2.45. The Hall–Kier alpha value is -1.99. The Bertz CT molecular complexity index is 891. The monoisotopic (exact) mass is 449 g/mol. The lowest BCUT2D eigenvalue weighted by molar-refractivity contribution is -0.0793. The Morgan fingerprint density at radius 3 is 2.48 bits per heavy atom. The van der Waals surface area contributed by atoms with Gasteiger partial charge in [0.15, 0.2) is 0 Å². The van der Waals surface area contributed by atoms with E-state index in [1.54, 1.807) is 12.4 Å². The first kappa shape index (κ1) is 22.2. The SMILES string of the molecule is CN(C)CC1CCC(Nc2cc(Cl)ncc2-c2cc(NC3CC(F)(F)C3)ccn2)CC1. The Morgan fingerprint density at radius 2 is 1.81 bits per heavy atom. The Balaban J connectivity index is 1.46. The normalized spacial score (nSPS) is 23.4. The van der Waals surface area contributed by atoms with Crippen molar-refractivity contribution in [3.8, 4) is 11.3 Å². The highest BCUT2D eigenvalue weighted by Crippen LogP contribution is 2.39. The molecule has 4 rings (SSSR count). The van der Waals surface area contributed by atoms with E-state index in [4.69, 9.17) is 11.6 Å². The highest BCUT2D eigenvalue weighted by atomic mass is 35.5. The van der Waals surface area contributed by atoms with Gasteiger partial charge in [-0.05, 0) is 63.9 Å². The first-order valence-corrected chi connectivity index (χ1v) is 11.3. The molecule has 0 spiro atoms. The maximum absolute atomic E-state index is 13.2. The topological polar surface area (TPSA) is 53.1 Å². The predicted octanol–water partition coefficient (Wildman–Crippen LogP) is 5.54. The van der Waals surface area contributed by atoms with Gasteiger partial charge < -0.3 is 15.5 Å². The van der Waals surface area contributed by atoms with Gasteiger partial charge in [0, 0.05) is 60.8 Å². The fourth-order valence-electron chi connectivity index (χ4n) is 4.65. The molecule has 0 aliphatic heterocycles. The molecule has 0 atom stereocenters. The number of nitrogens with one attached hydrogen (secondary N) is 2. The third-order valence-corrected chi connectivity index (χ3v) is 6.40. The summed E-state index contributed by atoms with van der Waals surface area (Å²) in [7, 11) is 4.25. The molecular formula is C23H30ClF2N5. The number of alkyl halides is 2. The molecule has 0 aromatic carbocycles. The van der Waals surface area contributed by atoms with Gasteiger partial charge >= 0.3 is 0 Å². The summed E-state index contributed by atoms with van der Waals surface area (Å²) in [5.74, 6) is -1.80. The maximum Gasteiger partial charge on any atom is 0.252 e. The van der Waals surface area contributed by atoms with Crippen molar-refractivity contribution in [2.45, 2.75) is 56.5 Å². The van der Waals surface area contributed by atoms with Crippen LogP contribution in [0.1, 0.15) is 38.5 Å². The van der Waals surface area contributed by atoms with E-state index in [2.05, 4.69) is 39.6 Å². The second-order valence-electron chi connectivity index (χ2n) is 9.21. The molecule has 0 unspecified atom stereocenters. The summed E-state index contributed by atoms with van der Waals surface area (Å²) >= 11 is 6.20. The van der Waals surface area contributed by atoms with E-state index >= 15 is 0 Å². The Morgan fingerprint density at radius 1 is 1.06 bits per heavy atom. The van der Waals surface area contributed by atoms with Crippen molar-refractivity contribution in [3.63, 3.8) is 0 Å². The van der Waals surface area contributed by atoms with Gasteiger partial charge in [-0.15, -0.1) is 0 Å². The lowest BCUT2D eigenvalue weighted by Gasteiger charge is -2.36. The second-order valence-corrected chi connectivity index (χ2v) is 9.60. The van der Waals surface area contributed by atoms with Gasteiger partial charge in [0.2, 0.25) is 0 Å². The summed E-state index contributed by atoms with van der Waals surface area (Å²) in [5, 5.41) is 7.27. The van der Waals surface area contributed by atoms with Gasteiger partial charge in [0.05, 0.1) is 5.69 Å². The van der Waals surface area contributed by atoms with Crippen LogP contribution in [0.3, 0.4) is 0 Å². The first-order chi connectivity index (χ1) is 14.8. The summed E-state index contributed by atoms with van der Waals surface area (Å²) < 4.78 is 26.3. The highest BCUT2D eigenvalue weighted by molar-refractivity contribution is 6.29. The molecular weight excluding hydrogens is 420 g/mol. The summed E-state index contributed by atoms with van der Waals surface area (Å²) in [6.07, 6.45) is 7.80. The van der Waals surface area contributed by atoms with Crippen LogP contribution in [0.15, 0.2) is 30.6 Å². The molecule has 2 aromatic rings. The van der Waals surface area contributed by atoms with Crippen molar-refractivity contribution in [2.75, 3.05) is 31.3 Å². The van der Waals surface area contributed by atoms with E-state index < -0.39 is 5.92 Å². The third kappa shape index (κ3) is 5.83. The summed E-state index contributed by atoms with van der Waals surface area (Å²) in [6.45, 7) is 1.13. The minimum atomic E-state index is -2.55. The molecule has 2 saturated carbocycles. The van der Waals surface area contributed by atoms with Crippen LogP contribution in [0, 0.1) is 5.92 Å². The van der Waals surface area contributed by atoms with Crippen LogP contribution in [0.2, 0.25) is 5.15 Å². The van der Waals surface area contributed by atoms with Crippen LogP contribution in [-0.4, -0.2) is 53.5 Å². The predicted molar refractivity (Wildman–Crippen MR) is 122 cm³/mol. The fourth-order valence-corrected chi connectivity index (χ4v) is 4.80. The van der Waals surface area contributed by atoms with Crippen LogP contribution in [0.25, 0.3) is 11.3 Å². The molecule has 0 radical (unpaired) electrons. The van der Waals surface area contributed by atoms with Gasteiger partial charge in [-0.2, -0.15) is 0 Å². The smallest absolute Gasteiger partial charge is 0.252 e. The van der Waals surface area contributed by atoms with E-state index in [0.717, 1.165) is 47.9 Å². The zero-order valence-electron chi connectivity index (χ0n) is 18.0. The van der Waals surface area contributed by atoms with Gasteiger partial charge in [-0.1, -0.05) is 11.6 Å². The van der Waals surface area contributed by atoms with Crippen LogP contribution in [-0.2, 0) is 0 Å². The number of hydrogen-bond acceptors (Lipinski definition) is 5. The van der Waals surface area contributed by atoms with Crippen molar-refractivity contribution in [3.05, 3.63) is 35.7 Å². The average molecular weight is 450 g/mol. The number of anilines is 2. The van der Waals surface area contributed by atoms with Crippen molar-refractivity contribution in [2.24, 2.45) is 5.92 Å². The average Bonchev–Trinajstić information content (AvgIpc) is 2.68. The van der Waals surface area contributed by atoms with Gasteiger partial charge in [-0.3, -0.25) is 4.98 Å². The van der Waals surface area contributed by atoms with Crippen molar-refractivity contribution in [1.29, 1.82) is 0 Å². The van der Waals surface area contributed by atoms with E-state index in [1.165, 1.54) is 12.8 Å². The quantitative estimate of drug-likeness (QED) is 0.543. The summed E-state index contributed by atoms with van der Waals surface area (Å²) in [5.41, 5.74) is 3.30. The number of hydrogen-bond donors (Lipinski definition) is 2. The molecule has 31 heavy (non-hydrogen) atoms. The van der Waals surface area contributed by atoms with Crippen molar-refractivity contribution in [1.82, 2.24) is 14.9 Å². The van der Waals surface area contributed by atoms with Gasteiger partial charge in [0.25, 0.3) is 5.92 Å². The van der Waals surface area contributed by atoms with Crippen LogP contribution in [0.4, 0.5) is 20.2 Å². The zero-order chi connectivity index (χ0) is 22.0. The van der Waals surface area contributed by atoms with E-state index in [1.807, 2.05) is 18.2 Å². The van der Waals surface area contributed by atoms with E-state index in [9.17, 15) is 8.78 Å². The van der Waals surface area contributed by atoms with E-state index in [-0.39, 0.29) is 18.9 Å². The van der Waals surface area contributed by atoms with Crippen LogP contribution in [0.5, 0.6) is 0 Å². The largest absolute Gasteiger partial charge is 0.382 e. The lowest BCUT2D eigenvalue weighted by Crippen LogP contribution is -2.44. The Labute approximate surface area is 187 Å². The molecule has 2 aromatic heterocycles. The summed E-state index contributed by atoms with van der Waals surface area (Å²) in [4.78, 5) is 11.0. The molecule has 0 bridgehead atoms. The van der Waals surface area contributed by atoms with Gasteiger partial charge in [-0.25, -0.2) is 13.8 Å². The number of nitrogens with zero attached hydrogens (tertiary/aromatic N) is 3. The molecule has 168 valence electrons. The van der Waals surface area contributed by atoms with Crippen molar-refractivity contribution >= 4 is 23.0 Å². The molecule has 0 amide bonds. The number of pyridine rings is 2. The minimum absolute atomic E-state index is 0.129. The molecule has 2 aliphatic carbocycles. The van der Waals surface area contributed by atoms with Gasteiger partial charge in [0.1, 0.15) is 5.15 Å². The first-order valence-electron chi connectivity index (χ1n) is 10.9. The summed E-state index contributed by atoms with van der Waals surface area (Å²) in [6, 6.07) is 5.72. The second kappa shape index (κ2) is 9.25. The minimum Gasteiger partial charge on any atom is -0.382 e. The molecule has 2 N–H and O–H groups in total. The zero-order valence-corrected chi connectivity index (χ0v) is 18.8. The maximum atomic E-state index is 13.2. The Kier molecular flexibility index (Phi) is 6.63. The van der Waals surface area contributed by atoms with E-state index in [0.29, 0.717) is 11.2 Å². The van der Waals surface area contributed by atoms with Crippen LogP contribution >= 0.6 is 11.6 Å². The molecule has 2 aliphatic rings. The fraction of sp³-hybridized carbons (Fsp3) is 0.565. The van der Waals surface area contributed by atoms with Crippen LogP contribution < -0.4 is 10.6 Å². The standard InChI is InChI=1S/C23H30ClF2N5/c1-31(2)14-15-3-5-16(6-4-15)30-21-10-22(24)28-13-19(21)20-9-17(7-8-27-20)29-18-11-23(25,26)12-18/h7-10,13,15-16,18H,3-6,11-12,14H2,1-2H3,(H,27,29)(H,28,30). The molecule has 2 fully saturated rings. The molecule has 2 heterocycles.